The molecule has 0 bridgehead atoms. The minimum Gasteiger partial charge on any atom is -0.267 e. The van der Waals surface area contributed by atoms with Gasteiger partial charge in [-0.1, -0.05) is 17.8 Å². The molecule has 0 aliphatic heterocycles. The van der Waals surface area contributed by atoms with Crippen molar-refractivity contribution in [1.82, 2.24) is 36.0 Å². The number of hydrogen-bond donors (Lipinski definition) is 2. The van der Waals surface area contributed by atoms with Gasteiger partial charge >= 0.3 is 0 Å². The largest absolute Gasteiger partial charge is 0.269 e. The van der Waals surface area contributed by atoms with Crippen LogP contribution in [0, 0.1) is 0 Å². The molecule has 30 heavy (non-hydrogen) atoms. The molecule has 0 saturated carbocycles. The van der Waals surface area contributed by atoms with Gasteiger partial charge in [0.05, 0.1) is 5.69 Å². The molecule has 0 fully saturated rings. The predicted octanol–water partition coefficient (Wildman–Crippen LogP) is 2.28. The molecule has 2 aromatic carbocycles. The van der Waals surface area contributed by atoms with E-state index < -0.39 is 11.8 Å². The van der Waals surface area contributed by atoms with E-state index in [9.17, 15) is 9.59 Å². The highest BCUT2D eigenvalue weighted by molar-refractivity contribution is 7.99. The van der Waals surface area contributed by atoms with Crippen LogP contribution < -0.4 is 10.9 Å². The van der Waals surface area contributed by atoms with Gasteiger partial charge in [-0.2, -0.15) is 0 Å². The Labute approximate surface area is 175 Å². The normalized spacial score (nSPS) is 10.4. The fourth-order valence-corrected chi connectivity index (χ4v) is 3.28. The fraction of sp³-hybridized carbons (Fsp3) is 0. The molecule has 2 amide bonds. The van der Waals surface area contributed by atoms with E-state index in [2.05, 4.69) is 31.4 Å². The van der Waals surface area contributed by atoms with Crippen LogP contribution in [0.3, 0.4) is 0 Å². The SMILES string of the molecule is O=C(NNC(=O)c1ccc(-n2cnnn2)cc1)c1ccc(Sc2ccccn2)cc1. The van der Waals surface area contributed by atoms with E-state index in [0.29, 0.717) is 16.8 Å². The van der Waals surface area contributed by atoms with Crippen molar-refractivity contribution in [2.75, 3.05) is 0 Å². The highest BCUT2D eigenvalue weighted by Gasteiger charge is 2.10. The van der Waals surface area contributed by atoms with Crippen molar-refractivity contribution < 1.29 is 9.59 Å². The van der Waals surface area contributed by atoms with Crippen LogP contribution in [-0.4, -0.2) is 37.0 Å². The first-order chi connectivity index (χ1) is 14.7. The Bertz CT molecular complexity index is 1130. The minimum absolute atomic E-state index is 0.384. The van der Waals surface area contributed by atoms with Crippen LogP contribution in [-0.2, 0) is 0 Å². The number of aromatic nitrogens is 5. The molecule has 2 N–H and O–H groups in total. The summed E-state index contributed by atoms with van der Waals surface area (Å²) in [6, 6.07) is 19.3. The molecule has 2 aromatic heterocycles. The Kier molecular flexibility index (Phi) is 5.76. The van der Waals surface area contributed by atoms with Gasteiger partial charge in [0.25, 0.3) is 11.8 Å². The van der Waals surface area contributed by atoms with Crippen molar-refractivity contribution in [2.45, 2.75) is 9.92 Å². The maximum absolute atomic E-state index is 12.3. The summed E-state index contributed by atoms with van der Waals surface area (Å²) in [5.41, 5.74) is 6.34. The summed E-state index contributed by atoms with van der Waals surface area (Å²) in [6.07, 6.45) is 3.18. The smallest absolute Gasteiger partial charge is 0.267 e. The summed E-state index contributed by atoms with van der Waals surface area (Å²) < 4.78 is 1.47. The summed E-state index contributed by atoms with van der Waals surface area (Å²) >= 11 is 1.50. The Balaban J connectivity index is 1.32. The number of benzene rings is 2. The molecule has 4 rings (SSSR count). The zero-order chi connectivity index (χ0) is 20.8. The van der Waals surface area contributed by atoms with Crippen molar-refractivity contribution in [2.24, 2.45) is 0 Å². The Hall–Kier alpha value is -4.05. The molecule has 10 heteroatoms. The zero-order valence-electron chi connectivity index (χ0n) is 15.5. The number of amides is 2. The maximum atomic E-state index is 12.3. The Morgan fingerprint density at radius 2 is 1.50 bits per heavy atom. The standard InChI is InChI=1S/C20H15N7O2S/c28-19(14-4-8-16(9-5-14)27-13-22-25-26-27)23-24-20(29)15-6-10-17(11-7-15)30-18-3-1-2-12-21-18/h1-13H,(H,23,28)(H,24,29). The van der Waals surface area contributed by atoms with E-state index in [1.807, 2.05) is 30.3 Å². The van der Waals surface area contributed by atoms with Crippen LogP contribution >= 0.6 is 11.8 Å². The number of nitrogens with zero attached hydrogens (tertiary/aromatic N) is 5. The second-order valence-corrected chi connectivity index (χ2v) is 7.10. The number of hydrazine groups is 1. The fourth-order valence-electron chi connectivity index (χ4n) is 2.51. The molecule has 2 heterocycles. The summed E-state index contributed by atoms with van der Waals surface area (Å²) in [4.78, 5) is 29.8. The van der Waals surface area contributed by atoms with Crippen molar-refractivity contribution in [1.29, 1.82) is 0 Å². The van der Waals surface area contributed by atoms with Gasteiger partial charge in [0.1, 0.15) is 11.4 Å². The molecule has 148 valence electrons. The molecule has 0 aliphatic carbocycles. The molecule has 0 saturated heterocycles. The van der Waals surface area contributed by atoms with E-state index in [0.717, 1.165) is 9.92 Å². The van der Waals surface area contributed by atoms with Crippen molar-refractivity contribution >= 4 is 23.6 Å². The van der Waals surface area contributed by atoms with Crippen LogP contribution in [0.25, 0.3) is 5.69 Å². The van der Waals surface area contributed by atoms with Gasteiger partial charge in [0.2, 0.25) is 0 Å². The first-order valence-electron chi connectivity index (χ1n) is 8.82. The number of nitrogens with one attached hydrogen (secondary N) is 2. The lowest BCUT2D eigenvalue weighted by molar-refractivity contribution is 0.0846. The van der Waals surface area contributed by atoms with E-state index in [-0.39, 0.29) is 0 Å². The lowest BCUT2D eigenvalue weighted by atomic mass is 10.2. The van der Waals surface area contributed by atoms with Gasteiger partial charge in [-0.25, -0.2) is 9.67 Å². The minimum atomic E-state index is -0.436. The van der Waals surface area contributed by atoms with Crippen LogP contribution in [0.1, 0.15) is 20.7 Å². The van der Waals surface area contributed by atoms with Gasteiger partial charge in [-0.3, -0.25) is 20.4 Å². The van der Waals surface area contributed by atoms with Crippen molar-refractivity contribution in [3.8, 4) is 5.69 Å². The lowest BCUT2D eigenvalue weighted by Crippen LogP contribution is -2.41. The van der Waals surface area contributed by atoms with E-state index in [1.165, 1.54) is 22.8 Å². The number of pyridine rings is 1. The highest BCUT2D eigenvalue weighted by Crippen LogP contribution is 2.25. The molecule has 0 atom stereocenters. The summed E-state index contributed by atoms with van der Waals surface area (Å²) in [6.45, 7) is 0. The summed E-state index contributed by atoms with van der Waals surface area (Å²) in [7, 11) is 0. The molecule has 0 unspecified atom stereocenters. The first kappa shape index (κ1) is 19.3. The Morgan fingerprint density at radius 3 is 2.07 bits per heavy atom. The molecule has 9 nitrogen and oxygen atoms in total. The first-order valence-corrected chi connectivity index (χ1v) is 9.64. The Morgan fingerprint density at radius 1 is 0.833 bits per heavy atom. The van der Waals surface area contributed by atoms with E-state index in [4.69, 9.17) is 0 Å². The second kappa shape index (κ2) is 8.97. The number of hydrogen-bond acceptors (Lipinski definition) is 7. The quantitative estimate of drug-likeness (QED) is 0.479. The summed E-state index contributed by atoms with van der Waals surface area (Å²) in [5, 5.41) is 11.8. The topological polar surface area (TPSA) is 115 Å². The van der Waals surface area contributed by atoms with E-state index in [1.54, 1.807) is 42.6 Å². The van der Waals surface area contributed by atoms with Crippen LogP contribution in [0.15, 0.2) is 89.2 Å². The number of rotatable bonds is 5. The van der Waals surface area contributed by atoms with Gasteiger partial charge < -0.3 is 0 Å². The third kappa shape index (κ3) is 4.67. The number of carbonyl (C=O) groups excluding carboxylic acids is 2. The molecule has 0 radical (unpaired) electrons. The van der Waals surface area contributed by atoms with Gasteiger partial charge in [-0.05, 0) is 71.1 Å². The van der Waals surface area contributed by atoms with Gasteiger partial charge in [-0.15, -0.1) is 5.10 Å². The zero-order valence-corrected chi connectivity index (χ0v) is 16.3. The van der Waals surface area contributed by atoms with Gasteiger partial charge in [0, 0.05) is 22.2 Å². The van der Waals surface area contributed by atoms with Crippen LogP contribution in [0.4, 0.5) is 0 Å². The highest BCUT2D eigenvalue weighted by atomic mass is 32.2. The third-order valence-electron chi connectivity index (χ3n) is 4.01. The van der Waals surface area contributed by atoms with Gasteiger partial charge in [0.15, 0.2) is 0 Å². The van der Waals surface area contributed by atoms with Crippen molar-refractivity contribution in [3.05, 3.63) is 90.4 Å². The van der Waals surface area contributed by atoms with E-state index >= 15 is 0 Å². The maximum Gasteiger partial charge on any atom is 0.269 e. The average Bonchev–Trinajstić information content (AvgIpc) is 3.34. The van der Waals surface area contributed by atoms with Crippen molar-refractivity contribution in [3.63, 3.8) is 0 Å². The molecular formula is C20H15N7O2S. The van der Waals surface area contributed by atoms with Crippen LogP contribution in [0.5, 0.6) is 0 Å². The summed E-state index contributed by atoms with van der Waals surface area (Å²) in [5.74, 6) is -0.850. The molecule has 0 aliphatic rings. The monoisotopic (exact) mass is 417 g/mol. The second-order valence-electron chi connectivity index (χ2n) is 6.00. The molecular weight excluding hydrogens is 402 g/mol. The van der Waals surface area contributed by atoms with Crippen LogP contribution in [0.2, 0.25) is 0 Å². The number of tetrazole rings is 1. The average molecular weight is 417 g/mol. The number of carbonyl (C=O) groups is 2. The third-order valence-corrected chi connectivity index (χ3v) is 4.97. The molecule has 4 aromatic rings. The lowest BCUT2D eigenvalue weighted by Gasteiger charge is -2.08. The predicted molar refractivity (Wildman–Crippen MR) is 109 cm³/mol. The molecule has 0 spiro atoms.